The van der Waals surface area contributed by atoms with Gasteiger partial charge in [-0.25, -0.2) is 4.79 Å². The summed E-state index contributed by atoms with van der Waals surface area (Å²) in [5.74, 6) is -1.37. The SMILES string of the molecule is COC(=O)C1(O)C(=O)C2(C)CCC(C(C)C)C2c2cc(C)cc(O)c21. The fourth-order valence-corrected chi connectivity index (χ4v) is 5.11. The van der Waals surface area contributed by atoms with E-state index in [1.54, 1.807) is 0 Å². The van der Waals surface area contributed by atoms with E-state index in [9.17, 15) is 19.8 Å². The van der Waals surface area contributed by atoms with Crippen LogP contribution < -0.4 is 0 Å². The van der Waals surface area contributed by atoms with Crippen molar-refractivity contribution in [3.8, 4) is 5.75 Å². The molecule has 0 aromatic heterocycles. The minimum Gasteiger partial charge on any atom is -0.508 e. The van der Waals surface area contributed by atoms with E-state index in [0.29, 0.717) is 17.9 Å². The lowest BCUT2D eigenvalue weighted by Crippen LogP contribution is -2.56. The number of aryl methyl sites for hydroxylation is 1. The molecule has 0 aliphatic heterocycles. The number of carbonyl (C=O) groups excluding carboxylic acids is 2. The number of hydrogen-bond acceptors (Lipinski definition) is 5. The number of phenols is 1. The van der Waals surface area contributed by atoms with Crippen LogP contribution in [0, 0.1) is 24.2 Å². The molecule has 5 heteroatoms. The zero-order valence-electron chi connectivity index (χ0n) is 15.4. The van der Waals surface area contributed by atoms with Crippen molar-refractivity contribution < 1.29 is 24.5 Å². The summed E-state index contributed by atoms with van der Waals surface area (Å²) in [5, 5.41) is 21.7. The van der Waals surface area contributed by atoms with Gasteiger partial charge in [0.25, 0.3) is 5.60 Å². The Bertz CT molecular complexity index is 753. The number of benzene rings is 1. The second kappa shape index (κ2) is 5.56. The number of esters is 1. The number of aromatic hydroxyl groups is 1. The van der Waals surface area contributed by atoms with E-state index >= 15 is 0 Å². The topological polar surface area (TPSA) is 83.8 Å². The third-order valence-corrected chi connectivity index (χ3v) is 6.29. The molecular formula is C20H26O5. The van der Waals surface area contributed by atoms with Crippen LogP contribution in [0.4, 0.5) is 0 Å². The minimum atomic E-state index is -2.46. The van der Waals surface area contributed by atoms with Gasteiger partial charge in [-0.3, -0.25) is 4.79 Å². The second-order valence-electron chi connectivity index (χ2n) is 8.12. The number of ether oxygens (including phenoxy) is 1. The Morgan fingerprint density at radius 1 is 1.36 bits per heavy atom. The molecule has 4 unspecified atom stereocenters. The number of methoxy groups -OCH3 is 1. The Morgan fingerprint density at radius 3 is 2.56 bits per heavy atom. The molecule has 136 valence electrons. The Labute approximate surface area is 148 Å². The van der Waals surface area contributed by atoms with E-state index in [1.807, 2.05) is 19.9 Å². The van der Waals surface area contributed by atoms with Crippen molar-refractivity contribution in [1.29, 1.82) is 0 Å². The molecule has 2 N–H and O–H groups in total. The average molecular weight is 346 g/mol. The number of fused-ring (bicyclic) bond motifs is 3. The maximum absolute atomic E-state index is 13.4. The van der Waals surface area contributed by atoms with Crippen molar-refractivity contribution in [3.63, 3.8) is 0 Å². The lowest BCUT2D eigenvalue weighted by molar-refractivity contribution is -0.176. The van der Waals surface area contributed by atoms with E-state index in [1.165, 1.54) is 6.07 Å². The van der Waals surface area contributed by atoms with Crippen LogP contribution in [0.3, 0.4) is 0 Å². The predicted octanol–water partition coefficient (Wildman–Crippen LogP) is 2.80. The molecule has 0 saturated heterocycles. The van der Waals surface area contributed by atoms with Gasteiger partial charge in [-0.2, -0.15) is 0 Å². The molecule has 2 aliphatic rings. The highest BCUT2D eigenvalue weighted by atomic mass is 16.5. The summed E-state index contributed by atoms with van der Waals surface area (Å²) in [7, 11) is 1.14. The Kier molecular flexibility index (Phi) is 3.99. The minimum absolute atomic E-state index is 0.00461. The molecule has 4 atom stereocenters. The molecule has 3 rings (SSSR count). The van der Waals surface area contributed by atoms with Crippen LogP contribution in [-0.4, -0.2) is 29.1 Å². The second-order valence-corrected chi connectivity index (χ2v) is 8.12. The Balaban J connectivity index is 2.38. The number of rotatable bonds is 2. The van der Waals surface area contributed by atoms with Crippen molar-refractivity contribution >= 4 is 11.8 Å². The molecule has 2 aliphatic carbocycles. The molecule has 0 amide bonds. The van der Waals surface area contributed by atoms with Crippen LogP contribution in [0.5, 0.6) is 5.75 Å². The van der Waals surface area contributed by atoms with E-state index in [4.69, 9.17) is 4.74 Å². The highest BCUT2D eigenvalue weighted by molar-refractivity contribution is 6.12. The normalized spacial score (nSPS) is 34.0. The number of hydrogen-bond donors (Lipinski definition) is 2. The van der Waals surface area contributed by atoms with E-state index in [2.05, 4.69) is 13.8 Å². The Hall–Kier alpha value is -1.88. The highest BCUT2D eigenvalue weighted by Crippen LogP contribution is 2.63. The summed E-state index contributed by atoms with van der Waals surface area (Å²) in [4.78, 5) is 25.8. The van der Waals surface area contributed by atoms with Gasteiger partial charge in [-0.05, 0) is 54.7 Å². The first kappa shape index (κ1) is 17.9. The zero-order valence-corrected chi connectivity index (χ0v) is 15.4. The van der Waals surface area contributed by atoms with Crippen LogP contribution in [0.25, 0.3) is 0 Å². The van der Waals surface area contributed by atoms with Gasteiger partial charge in [0.1, 0.15) is 5.75 Å². The number of phenolic OH excluding ortho intramolecular Hbond substituents is 1. The summed E-state index contributed by atoms with van der Waals surface area (Å²) in [6.07, 6.45) is 1.45. The summed E-state index contributed by atoms with van der Waals surface area (Å²) in [6, 6.07) is 3.36. The van der Waals surface area contributed by atoms with Gasteiger partial charge < -0.3 is 14.9 Å². The third kappa shape index (κ3) is 2.18. The molecule has 5 nitrogen and oxygen atoms in total. The lowest BCUT2D eigenvalue weighted by atomic mass is 9.57. The van der Waals surface area contributed by atoms with Gasteiger partial charge in [0.15, 0.2) is 5.78 Å². The molecule has 0 bridgehead atoms. The van der Waals surface area contributed by atoms with Crippen LogP contribution in [0.1, 0.15) is 56.2 Å². The Morgan fingerprint density at radius 2 is 2.00 bits per heavy atom. The monoisotopic (exact) mass is 346 g/mol. The van der Waals surface area contributed by atoms with Crippen molar-refractivity contribution in [2.45, 2.75) is 52.1 Å². The number of ketones is 1. The number of Topliss-reactive ketones (excluding diaryl/α,β-unsaturated/α-hetero) is 1. The van der Waals surface area contributed by atoms with Crippen molar-refractivity contribution in [3.05, 3.63) is 28.8 Å². The molecule has 25 heavy (non-hydrogen) atoms. The third-order valence-electron chi connectivity index (χ3n) is 6.29. The molecular weight excluding hydrogens is 320 g/mol. The standard InChI is InChI=1S/C20H26O5/c1-10(2)12-6-7-19(4)15(12)13-8-11(3)9-14(21)16(13)20(24,17(19)22)18(23)25-5/h8-10,12,15,21,24H,6-7H2,1-5H3. The largest absolute Gasteiger partial charge is 0.508 e. The van der Waals surface area contributed by atoms with Crippen molar-refractivity contribution in [2.24, 2.45) is 17.3 Å². The quantitative estimate of drug-likeness (QED) is 0.635. The first-order valence-electron chi connectivity index (χ1n) is 8.78. The smallest absolute Gasteiger partial charge is 0.350 e. The molecule has 0 heterocycles. The summed E-state index contributed by atoms with van der Waals surface area (Å²) in [5.41, 5.74) is -1.78. The van der Waals surface area contributed by atoms with Crippen LogP contribution in [0.15, 0.2) is 12.1 Å². The van der Waals surface area contributed by atoms with Gasteiger partial charge in [-0.1, -0.05) is 26.8 Å². The fraction of sp³-hybridized carbons (Fsp3) is 0.600. The predicted molar refractivity (Wildman–Crippen MR) is 92.2 cm³/mol. The molecule has 0 spiro atoms. The van der Waals surface area contributed by atoms with Gasteiger partial charge in [0.05, 0.1) is 7.11 Å². The summed E-state index contributed by atoms with van der Waals surface area (Å²) < 4.78 is 4.75. The van der Waals surface area contributed by atoms with E-state index < -0.39 is 22.8 Å². The highest BCUT2D eigenvalue weighted by Gasteiger charge is 2.66. The van der Waals surface area contributed by atoms with Crippen molar-refractivity contribution in [2.75, 3.05) is 7.11 Å². The van der Waals surface area contributed by atoms with Crippen molar-refractivity contribution in [1.82, 2.24) is 0 Å². The van der Waals surface area contributed by atoms with Crippen LogP contribution in [0.2, 0.25) is 0 Å². The van der Waals surface area contributed by atoms with Gasteiger partial charge >= 0.3 is 5.97 Å². The summed E-state index contributed by atoms with van der Waals surface area (Å²) >= 11 is 0. The molecule has 1 fully saturated rings. The number of carbonyl (C=O) groups is 2. The van der Waals surface area contributed by atoms with Gasteiger partial charge in [0.2, 0.25) is 0 Å². The van der Waals surface area contributed by atoms with E-state index in [0.717, 1.165) is 19.1 Å². The lowest BCUT2D eigenvalue weighted by Gasteiger charge is -2.45. The average Bonchev–Trinajstić information content (AvgIpc) is 2.90. The van der Waals surface area contributed by atoms with Crippen LogP contribution >= 0.6 is 0 Å². The maximum atomic E-state index is 13.4. The fourth-order valence-electron chi connectivity index (χ4n) is 5.11. The number of aliphatic hydroxyl groups is 1. The molecule has 1 aromatic carbocycles. The first-order valence-corrected chi connectivity index (χ1v) is 8.78. The van der Waals surface area contributed by atoms with Crippen LogP contribution in [-0.2, 0) is 19.9 Å². The molecule has 1 saturated carbocycles. The summed E-state index contributed by atoms with van der Waals surface area (Å²) in [6.45, 7) is 7.93. The van der Waals surface area contributed by atoms with Gasteiger partial charge in [0, 0.05) is 11.0 Å². The molecule has 0 radical (unpaired) electrons. The van der Waals surface area contributed by atoms with E-state index in [-0.39, 0.29) is 23.1 Å². The zero-order chi connectivity index (χ0) is 18.7. The van der Waals surface area contributed by atoms with Gasteiger partial charge in [-0.15, -0.1) is 0 Å². The molecule has 1 aromatic rings. The first-order chi connectivity index (χ1) is 11.6. The maximum Gasteiger partial charge on any atom is 0.350 e.